The summed E-state index contributed by atoms with van der Waals surface area (Å²) in [4.78, 5) is 47.1. The van der Waals surface area contributed by atoms with Gasteiger partial charge < -0.3 is 25.4 Å². The van der Waals surface area contributed by atoms with E-state index in [1.807, 2.05) is 0 Å². The molecular formula is C22H24N4O5. The van der Waals surface area contributed by atoms with E-state index >= 15 is 0 Å². The second-order valence-corrected chi connectivity index (χ2v) is 8.17. The Morgan fingerprint density at radius 2 is 1.84 bits per heavy atom. The zero-order valence-electron chi connectivity index (χ0n) is 17.3. The van der Waals surface area contributed by atoms with Gasteiger partial charge in [0.1, 0.15) is 22.3 Å². The van der Waals surface area contributed by atoms with Crippen molar-refractivity contribution in [2.45, 2.75) is 37.8 Å². The monoisotopic (exact) mass is 424 g/mol. The van der Waals surface area contributed by atoms with E-state index < -0.39 is 16.6 Å². The molecule has 9 heteroatoms. The topological polar surface area (TPSA) is 136 Å². The van der Waals surface area contributed by atoms with E-state index in [0.29, 0.717) is 12.3 Å². The van der Waals surface area contributed by atoms with Crippen molar-refractivity contribution in [2.75, 3.05) is 14.1 Å². The SMILES string of the molecule is CN(C)C1CCC(NC(=O)c2ccc(=O)c3nc4c(=CO)c(O)cc(=O)c4[nH]c23)CC1. The average molecular weight is 424 g/mol. The lowest BCUT2D eigenvalue weighted by atomic mass is 9.90. The number of carbonyl (C=O) groups is 1. The van der Waals surface area contributed by atoms with Gasteiger partial charge in [-0.1, -0.05) is 0 Å². The molecule has 1 saturated carbocycles. The molecule has 2 aromatic carbocycles. The van der Waals surface area contributed by atoms with Gasteiger partial charge in [0, 0.05) is 18.2 Å². The first-order chi connectivity index (χ1) is 14.8. The fourth-order valence-electron chi connectivity index (χ4n) is 4.25. The number of aliphatic hydroxyl groups excluding tert-OH is 1. The molecule has 4 rings (SSSR count). The van der Waals surface area contributed by atoms with Gasteiger partial charge in [-0.3, -0.25) is 14.4 Å². The summed E-state index contributed by atoms with van der Waals surface area (Å²) in [6.45, 7) is 0. The fraction of sp³-hybridized carbons (Fsp3) is 0.364. The molecule has 31 heavy (non-hydrogen) atoms. The normalized spacial score (nSPS) is 19.9. The third-order valence-corrected chi connectivity index (χ3v) is 6.03. The number of aromatic amines is 1. The van der Waals surface area contributed by atoms with Crippen LogP contribution in [-0.2, 0) is 0 Å². The van der Waals surface area contributed by atoms with Crippen molar-refractivity contribution in [1.82, 2.24) is 20.2 Å². The predicted octanol–water partition coefficient (Wildman–Crippen LogP) is 0.760. The van der Waals surface area contributed by atoms with Crippen LogP contribution in [0.2, 0.25) is 0 Å². The van der Waals surface area contributed by atoms with Crippen LogP contribution in [0.15, 0.2) is 27.8 Å². The molecule has 0 saturated heterocycles. The highest BCUT2D eigenvalue weighted by molar-refractivity contribution is 6.06. The van der Waals surface area contributed by atoms with Crippen LogP contribution in [0.3, 0.4) is 0 Å². The number of benzene rings is 2. The molecule has 162 valence electrons. The van der Waals surface area contributed by atoms with Crippen LogP contribution in [0, 0.1) is 0 Å². The molecule has 1 aliphatic rings. The average Bonchev–Trinajstić information content (AvgIpc) is 2.74. The molecule has 3 aromatic rings. The van der Waals surface area contributed by atoms with Crippen molar-refractivity contribution < 1.29 is 15.0 Å². The van der Waals surface area contributed by atoms with Gasteiger partial charge >= 0.3 is 0 Å². The van der Waals surface area contributed by atoms with Gasteiger partial charge in [-0.25, -0.2) is 4.98 Å². The lowest BCUT2D eigenvalue weighted by Crippen LogP contribution is -2.42. The number of rotatable bonds is 3. The maximum absolute atomic E-state index is 13.0. The number of carbonyl (C=O) groups excluding carboxylic acids is 1. The number of phenolic OH excluding ortho intramolecular Hbond substituents is 1. The van der Waals surface area contributed by atoms with Gasteiger partial charge in [0.15, 0.2) is 0 Å². The van der Waals surface area contributed by atoms with Crippen LogP contribution in [0.25, 0.3) is 28.3 Å². The van der Waals surface area contributed by atoms with Gasteiger partial charge in [-0.05, 0) is 51.9 Å². The van der Waals surface area contributed by atoms with Crippen LogP contribution in [0.4, 0.5) is 0 Å². The maximum atomic E-state index is 13.0. The molecule has 1 aliphatic carbocycles. The van der Waals surface area contributed by atoms with E-state index in [1.165, 1.54) is 12.1 Å². The van der Waals surface area contributed by atoms with E-state index in [4.69, 9.17) is 0 Å². The number of phenols is 1. The smallest absolute Gasteiger partial charge is 0.253 e. The minimum atomic E-state index is -0.572. The minimum absolute atomic E-state index is 0.0169. The molecule has 1 aromatic heterocycles. The highest BCUT2D eigenvalue weighted by Crippen LogP contribution is 2.22. The Balaban J connectivity index is 1.76. The van der Waals surface area contributed by atoms with Crippen molar-refractivity contribution in [3.8, 4) is 5.75 Å². The standard InChI is InChI=1S/C22H24N4O5/c1-26(2)12-5-3-11(4-6-12)23-22(31)13-7-8-15(28)20-18(13)24-21-17(30)9-16(29)14(10-27)19(21)25-20/h7-12,24,27,29H,3-6H2,1-2H3,(H,23,31). The molecule has 0 radical (unpaired) electrons. The Bertz CT molecular complexity index is 1340. The number of amides is 1. The number of nitrogens with zero attached hydrogens (tertiary/aromatic N) is 2. The Labute approximate surface area is 177 Å². The number of H-pyrrole nitrogens is 1. The number of aromatic hydroxyl groups is 1. The van der Waals surface area contributed by atoms with Crippen molar-refractivity contribution in [3.63, 3.8) is 0 Å². The quantitative estimate of drug-likeness (QED) is 0.456. The highest BCUT2D eigenvalue weighted by atomic mass is 16.3. The first-order valence-corrected chi connectivity index (χ1v) is 10.1. The number of nitrogens with one attached hydrogen (secondary N) is 2. The Hall–Kier alpha value is -3.46. The predicted molar refractivity (Wildman–Crippen MR) is 117 cm³/mol. The zero-order valence-corrected chi connectivity index (χ0v) is 17.3. The van der Waals surface area contributed by atoms with E-state index in [-0.39, 0.29) is 44.8 Å². The molecule has 9 nitrogen and oxygen atoms in total. The summed E-state index contributed by atoms with van der Waals surface area (Å²) in [5.41, 5.74) is -0.780. The summed E-state index contributed by atoms with van der Waals surface area (Å²) >= 11 is 0. The summed E-state index contributed by atoms with van der Waals surface area (Å²) in [5.74, 6) is -0.800. The fourth-order valence-corrected chi connectivity index (χ4v) is 4.25. The van der Waals surface area contributed by atoms with Crippen molar-refractivity contribution in [1.29, 1.82) is 0 Å². The Kier molecular flexibility index (Phi) is 5.36. The first kappa shape index (κ1) is 20.8. The summed E-state index contributed by atoms with van der Waals surface area (Å²) < 4.78 is 0. The first-order valence-electron chi connectivity index (χ1n) is 10.1. The van der Waals surface area contributed by atoms with Crippen LogP contribution >= 0.6 is 0 Å². The van der Waals surface area contributed by atoms with Crippen LogP contribution in [0.1, 0.15) is 36.0 Å². The minimum Gasteiger partial charge on any atom is -0.515 e. The lowest BCUT2D eigenvalue weighted by Gasteiger charge is -2.33. The summed E-state index contributed by atoms with van der Waals surface area (Å²) in [5, 5.41) is 22.3. The molecule has 0 unspecified atom stereocenters. The lowest BCUT2D eigenvalue weighted by molar-refractivity contribution is 0.0917. The molecule has 0 bridgehead atoms. The summed E-state index contributed by atoms with van der Waals surface area (Å²) in [6, 6.07) is 4.14. The number of aliphatic hydroxyl groups is 1. The molecule has 4 N–H and O–H groups in total. The van der Waals surface area contributed by atoms with Crippen molar-refractivity contribution in [2.24, 2.45) is 0 Å². The van der Waals surface area contributed by atoms with Gasteiger partial charge in [0.25, 0.3) is 5.91 Å². The molecule has 0 aliphatic heterocycles. The molecule has 1 heterocycles. The Morgan fingerprint density at radius 1 is 1.13 bits per heavy atom. The number of aromatic nitrogens is 2. The van der Waals surface area contributed by atoms with Gasteiger partial charge in [-0.15, -0.1) is 0 Å². The van der Waals surface area contributed by atoms with Crippen LogP contribution < -0.4 is 21.4 Å². The van der Waals surface area contributed by atoms with E-state index in [0.717, 1.165) is 31.7 Å². The second-order valence-electron chi connectivity index (χ2n) is 8.17. The third-order valence-electron chi connectivity index (χ3n) is 6.03. The maximum Gasteiger partial charge on any atom is 0.253 e. The van der Waals surface area contributed by atoms with Crippen molar-refractivity contribution >= 4 is 34.2 Å². The number of fused-ring (bicyclic) bond motifs is 2. The van der Waals surface area contributed by atoms with Crippen LogP contribution in [-0.4, -0.2) is 57.2 Å². The van der Waals surface area contributed by atoms with Crippen LogP contribution in [0.5, 0.6) is 5.75 Å². The van der Waals surface area contributed by atoms with E-state index in [2.05, 4.69) is 34.3 Å². The van der Waals surface area contributed by atoms with E-state index in [1.54, 1.807) is 0 Å². The third kappa shape index (κ3) is 3.72. The van der Waals surface area contributed by atoms with E-state index in [9.17, 15) is 24.6 Å². The molecule has 0 spiro atoms. The number of hydrogen-bond donors (Lipinski definition) is 4. The summed E-state index contributed by atoms with van der Waals surface area (Å²) in [7, 11) is 4.11. The van der Waals surface area contributed by atoms with Gasteiger partial charge in [0.05, 0.1) is 22.6 Å². The highest BCUT2D eigenvalue weighted by Gasteiger charge is 2.25. The van der Waals surface area contributed by atoms with Gasteiger partial charge in [-0.2, -0.15) is 0 Å². The van der Waals surface area contributed by atoms with Crippen molar-refractivity contribution in [3.05, 3.63) is 49.4 Å². The second kappa shape index (κ2) is 7.99. The molecular weight excluding hydrogens is 400 g/mol. The molecule has 1 amide bonds. The largest absolute Gasteiger partial charge is 0.515 e. The number of hydrogen-bond acceptors (Lipinski definition) is 7. The molecule has 1 fully saturated rings. The summed E-state index contributed by atoms with van der Waals surface area (Å²) in [6.07, 6.45) is 4.31. The Morgan fingerprint density at radius 3 is 2.48 bits per heavy atom. The zero-order chi connectivity index (χ0) is 22.3. The van der Waals surface area contributed by atoms with Gasteiger partial charge in [0.2, 0.25) is 10.9 Å². The molecule has 0 atom stereocenters.